The molecule has 118 valence electrons. The molecule has 3 aromatic heterocycles. The molecule has 1 fully saturated rings. The fourth-order valence-electron chi connectivity index (χ4n) is 3.51. The van der Waals surface area contributed by atoms with Crippen LogP contribution >= 0.6 is 15.9 Å². The maximum Gasteiger partial charge on any atom is 0.220 e. The highest BCUT2D eigenvalue weighted by atomic mass is 79.9. The van der Waals surface area contributed by atoms with Gasteiger partial charge in [-0.1, -0.05) is 19.3 Å². The van der Waals surface area contributed by atoms with Crippen molar-refractivity contribution in [3.63, 3.8) is 0 Å². The Bertz CT molecular complexity index is 851. The molecule has 0 radical (unpaired) electrons. The molecule has 2 N–H and O–H groups in total. The molecule has 0 amide bonds. The van der Waals surface area contributed by atoms with Crippen LogP contribution in [0.5, 0.6) is 0 Å². The van der Waals surface area contributed by atoms with Crippen LogP contribution < -0.4 is 5.73 Å². The van der Waals surface area contributed by atoms with Crippen molar-refractivity contribution in [2.45, 2.75) is 38.1 Å². The van der Waals surface area contributed by atoms with Gasteiger partial charge in [-0.2, -0.15) is 0 Å². The molecule has 0 saturated heterocycles. The number of halogens is 1. The number of fused-ring (bicyclic) bond motifs is 1. The van der Waals surface area contributed by atoms with Crippen LogP contribution in [0.15, 0.2) is 35.3 Å². The Labute approximate surface area is 143 Å². The highest BCUT2D eigenvalue weighted by Gasteiger charge is 2.20. The molecule has 6 heteroatoms. The standard InChI is InChI=1S/C17H18BrN5/c18-16-8-12-13(14-6-7-20-17(19)22-14)10-23(15(12)9-21-16)11-4-2-1-3-5-11/h6-11H,1-5H2,(H2,19,20,22). The van der Waals surface area contributed by atoms with Crippen LogP contribution in [-0.4, -0.2) is 19.5 Å². The molecular weight excluding hydrogens is 354 g/mol. The van der Waals surface area contributed by atoms with E-state index < -0.39 is 0 Å². The zero-order valence-electron chi connectivity index (χ0n) is 12.7. The van der Waals surface area contributed by atoms with Crippen molar-refractivity contribution in [1.82, 2.24) is 19.5 Å². The number of anilines is 1. The first-order valence-corrected chi connectivity index (χ1v) is 8.76. The Morgan fingerprint density at radius 1 is 1.17 bits per heavy atom. The van der Waals surface area contributed by atoms with E-state index >= 15 is 0 Å². The number of nitrogens with two attached hydrogens (primary N) is 1. The van der Waals surface area contributed by atoms with Crippen molar-refractivity contribution >= 4 is 32.8 Å². The van der Waals surface area contributed by atoms with Crippen LogP contribution in [0.3, 0.4) is 0 Å². The molecule has 0 bridgehead atoms. The van der Waals surface area contributed by atoms with Gasteiger partial charge in [0.15, 0.2) is 0 Å². The van der Waals surface area contributed by atoms with Gasteiger partial charge in [-0.15, -0.1) is 0 Å². The van der Waals surface area contributed by atoms with Crippen LogP contribution in [-0.2, 0) is 0 Å². The molecule has 3 aromatic rings. The first-order valence-electron chi connectivity index (χ1n) is 7.97. The summed E-state index contributed by atoms with van der Waals surface area (Å²) in [5.74, 6) is 0.300. The molecule has 0 spiro atoms. The second-order valence-corrected chi connectivity index (χ2v) is 6.88. The number of hydrogen-bond acceptors (Lipinski definition) is 4. The van der Waals surface area contributed by atoms with E-state index in [4.69, 9.17) is 5.73 Å². The molecular formula is C17H18BrN5. The van der Waals surface area contributed by atoms with E-state index in [1.165, 1.54) is 32.1 Å². The van der Waals surface area contributed by atoms with Crippen molar-refractivity contribution in [2.24, 2.45) is 0 Å². The van der Waals surface area contributed by atoms with Gasteiger partial charge < -0.3 is 10.3 Å². The summed E-state index contributed by atoms with van der Waals surface area (Å²) in [6.45, 7) is 0. The summed E-state index contributed by atoms with van der Waals surface area (Å²) in [5, 5.41) is 1.15. The molecule has 23 heavy (non-hydrogen) atoms. The molecule has 4 rings (SSSR count). The number of aromatic nitrogens is 4. The van der Waals surface area contributed by atoms with Gasteiger partial charge >= 0.3 is 0 Å². The van der Waals surface area contributed by atoms with Crippen LogP contribution in [0, 0.1) is 0 Å². The van der Waals surface area contributed by atoms with Gasteiger partial charge in [0.25, 0.3) is 0 Å². The lowest BCUT2D eigenvalue weighted by Crippen LogP contribution is -2.11. The van der Waals surface area contributed by atoms with Gasteiger partial charge in [0.1, 0.15) is 4.60 Å². The number of nitrogens with zero attached hydrogens (tertiary/aromatic N) is 4. The zero-order chi connectivity index (χ0) is 15.8. The summed E-state index contributed by atoms with van der Waals surface area (Å²) in [5.41, 5.74) is 8.87. The lowest BCUT2D eigenvalue weighted by molar-refractivity contribution is 0.361. The summed E-state index contributed by atoms with van der Waals surface area (Å²) in [4.78, 5) is 12.8. The Kier molecular flexibility index (Phi) is 3.77. The minimum Gasteiger partial charge on any atom is -0.368 e. The Morgan fingerprint density at radius 2 is 2.00 bits per heavy atom. The van der Waals surface area contributed by atoms with Crippen molar-refractivity contribution in [3.05, 3.63) is 35.3 Å². The van der Waals surface area contributed by atoms with E-state index in [0.717, 1.165) is 26.8 Å². The number of rotatable bonds is 2. The minimum atomic E-state index is 0.300. The summed E-state index contributed by atoms with van der Waals surface area (Å²) >= 11 is 3.48. The molecule has 1 aliphatic carbocycles. The Balaban J connectivity index is 1.91. The summed E-state index contributed by atoms with van der Waals surface area (Å²) < 4.78 is 3.20. The van der Waals surface area contributed by atoms with E-state index in [2.05, 4.69) is 47.7 Å². The number of hydrogen-bond donors (Lipinski definition) is 1. The van der Waals surface area contributed by atoms with Crippen LogP contribution in [0.4, 0.5) is 5.95 Å². The van der Waals surface area contributed by atoms with E-state index in [1.807, 2.05) is 12.3 Å². The molecule has 1 aliphatic rings. The lowest BCUT2D eigenvalue weighted by Gasteiger charge is -2.24. The smallest absolute Gasteiger partial charge is 0.220 e. The van der Waals surface area contributed by atoms with E-state index in [-0.39, 0.29) is 0 Å². The number of nitrogen functional groups attached to an aromatic ring is 1. The van der Waals surface area contributed by atoms with Gasteiger partial charge in [0, 0.05) is 29.4 Å². The van der Waals surface area contributed by atoms with Crippen molar-refractivity contribution in [1.29, 1.82) is 0 Å². The molecule has 0 aromatic carbocycles. The monoisotopic (exact) mass is 371 g/mol. The van der Waals surface area contributed by atoms with Crippen molar-refractivity contribution < 1.29 is 0 Å². The second-order valence-electron chi connectivity index (χ2n) is 6.07. The third kappa shape index (κ3) is 2.72. The molecule has 5 nitrogen and oxygen atoms in total. The van der Waals surface area contributed by atoms with Gasteiger partial charge in [-0.05, 0) is 40.9 Å². The van der Waals surface area contributed by atoms with Gasteiger partial charge in [-0.3, -0.25) is 0 Å². The first-order chi connectivity index (χ1) is 11.2. The van der Waals surface area contributed by atoms with E-state index in [9.17, 15) is 0 Å². The topological polar surface area (TPSA) is 69.6 Å². The van der Waals surface area contributed by atoms with Crippen LogP contribution in [0.1, 0.15) is 38.1 Å². The summed E-state index contributed by atoms with van der Waals surface area (Å²) in [6.07, 6.45) is 12.2. The minimum absolute atomic E-state index is 0.300. The quantitative estimate of drug-likeness (QED) is 0.680. The van der Waals surface area contributed by atoms with Gasteiger partial charge in [-0.25, -0.2) is 15.0 Å². The third-order valence-corrected chi connectivity index (χ3v) is 5.04. The molecule has 0 aliphatic heterocycles. The fraction of sp³-hybridized carbons (Fsp3) is 0.353. The summed E-state index contributed by atoms with van der Waals surface area (Å²) in [7, 11) is 0. The molecule has 0 atom stereocenters. The predicted octanol–water partition coefficient (Wildman–Crippen LogP) is 4.34. The molecule has 3 heterocycles. The zero-order valence-corrected chi connectivity index (χ0v) is 14.3. The van der Waals surface area contributed by atoms with Crippen LogP contribution in [0.2, 0.25) is 0 Å². The highest BCUT2D eigenvalue weighted by molar-refractivity contribution is 9.10. The average Bonchev–Trinajstić information content (AvgIpc) is 2.94. The SMILES string of the molecule is Nc1nccc(-c2cn(C3CCCCC3)c3cnc(Br)cc23)n1. The number of pyridine rings is 1. The van der Waals surface area contributed by atoms with Gasteiger partial charge in [0.05, 0.1) is 17.4 Å². The normalized spacial score (nSPS) is 16.0. The lowest BCUT2D eigenvalue weighted by atomic mass is 9.95. The Morgan fingerprint density at radius 3 is 2.78 bits per heavy atom. The maximum atomic E-state index is 5.77. The van der Waals surface area contributed by atoms with Crippen molar-refractivity contribution in [3.8, 4) is 11.3 Å². The van der Waals surface area contributed by atoms with Crippen LogP contribution in [0.25, 0.3) is 22.2 Å². The maximum absolute atomic E-state index is 5.77. The van der Waals surface area contributed by atoms with E-state index in [0.29, 0.717) is 12.0 Å². The second kappa shape index (κ2) is 5.92. The molecule has 0 unspecified atom stereocenters. The van der Waals surface area contributed by atoms with E-state index in [1.54, 1.807) is 6.20 Å². The average molecular weight is 372 g/mol. The van der Waals surface area contributed by atoms with Crippen molar-refractivity contribution in [2.75, 3.05) is 5.73 Å². The Hall–Kier alpha value is -1.95. The van der Waals surface area contributed by atoms with Gasteiger partial charge in [0.2, 0.25) is 5.95 Å². The predicted molar refractivity (Wildman–Crippen MR) is 95.0 cm³/mol. The largest absolute Gasteiger partial charge is 0.368 e. The highest BCUT2D eigenvalue weighted by Crippen LogP contribution is 2.37. The third-order valence-electron chi connectivity index (χ3n) is 4.60. The summed E-state index contributed by atoms with van der Waals surface area (Å²) in [6, 6.07) is 4.51. The fourth-order valence-corrected chi connectivity index (χ4v) is 3.84. The first kappa shape index (κ1) is 14.6. The molecule has 1 saturated carbocycles.